The van der Waals surface area contributed by atoms with Crippen LogP contribution in [0.1, 0.15) is 43.9 Å². The highest BCUT2D eigenvalue weighted by Gasteiger charge is 2.17. The van der Waals surface area contributed by atoms with Gasteiger partial charge < -0.3 is 0 Å². The molecule has 0 aliphatic rings. The molecule has 1 rings (SSSR count). The molecule has 1 aromatic carbocycles. The molecule has 0 aromatic heterocycles. The van der Waals surface area contributed by atoms with E-state index in [1.54, 1.807) is 0 Å². The first-order chi connectivity index (χ1) is 7.28. The fourth-order valence-corrected chi connectivity index (χ4v) is 2.62. The third-order valence-corrected chi connectivity index (χ3v) is 3.09. The summed E-state index contributed by atoms with van der Waals surface area (Å²) in [6.45, 7) is 11.0. The van der Waals surface area contributed by atoms with E-state index in [4.69, 9.17) is 11.6 Å². The predicted molar refractivity (Wildman–Crippen MR) is 73.3 cm³/mol. The molecule has 0 N–H and O–H groups in total. The number of hydrogen-bond donors (Lipinski definition) is 0. The van der Waals surface area contributed by atoms with Crippen molar-refractivity contribution >= 4 is 11.6 Å². The molecule has 0 aliphatic heterocycles. The van der Waals surface area contributed by atoms with Gasteiger partial charge in [-0.2, -0.15) is 0 Å². The second-order valence-electron chi connectivity index (χ2n) is 6.00. The van der Waals surface area contributed by atoms with Crippen molar-refractivity contribution in [2.75, 3.05) is 0 Å². The highest BCUT2D eigenvalue weighted by atomic mass is 35.5. The lowest BCUT2D eigenvalue weighted by Crippen LogP contribution is -2.15. The van der Waals surface area contributed by atoms with E-state index in [0.29, 0.717) is 5.41 Å². The maximum absolute atomic E-state index is 6.42. The smallest absolute Gasteiger partial charge is 0.0381 e. The van der Waals surface area contributed by atoms with Gasteiger partial charge in [0.2, 0.25) is 0 Å². The summed E-state index contributed by atoms with van der Waals surface area (Å²) in [6.07, 6.45) is 2.04. The summed E-state index contributed by atoms with van der Waals surface area (Å²) >= 11 is 6.42. The van der Waals surface area contributed by atoms with E-state index < -0.39 is 0 Å². The molecule has 1 unspecified atom stereocenters. The Morgan fingerprint density at radius 1 is 1.19 bits per heavy atom. The third kappa shape index (κ3) is 4.57. The molecule has 0 bridgehead atoms. The van der Waals surface area contributed by atoms with Crippen molar-refractivity contribution < 1.29 is 0 Å². The molecule has 1 aromatic rings. The van der Waals surface area contributed by atoms with Crippen LogP contribution >= 0.6 is 11.6 Å². The Kier molecular flexibility index (Phi) is 4.43. The topological polar surface area (TPSA) is 0 Å². The molecule has 16 heavy (non-hydrogen) atoms. The van der Waals surface area contributed by atoms with E-state index in [9.17, 15) is 0 Å². The molecule has 0 heterocycles. The number of rotatable bonds is 3. The van der Waals surface area contributed by atoms with Gasteiger partial charge in [0.15, 0.2) is 0 Å². The minimum absolute atomic E-state index is 0.237. The van der Waals surface area contributed by atoms with Crippen molar-refractivity contribution in [1.29, 1.82) is 0 Å². The standard InChI is InChI=1S/C15H23Cl/c1-11-6-7-12(2)13(8-11)9-14(16)10-15(3,4)5/h6-8,14H,9-10H2,1-5H3. The summed E-state index contributed by atoms with van der Waals surface area (Å²) in [4.78, 5) is 0. The van der Waals surface area contributed by atoms with Crippen LogP contribution in [0.3, 0.4) is 0 Å². The van der Waals surface area contributed by atoms with Crippen LogP contribution in [0.4, 0.5) is 0 Å². The van der Waals surface area contributed by atoms with Gasteiger partial charge in [-0.1, -0.05) is 44.5 Å². The zero-order valence-electron chi connectivity index (χ0n) is 11.1. The largest absolute Gasteiger partial charge is 0.123 e. The van der Waals surface area contributed by atoms with Gasteiger partial charge in [0.25, 0.3) is 0 Å². The molecule has 0 saturated heterocycles. The molecule has 90 valence electrons. The number of hydrogen-bond acceptors (Lipinski definition) is 0. The molecule has 1 atom stereocenters. The molecule has 0 aliphatic carbocycles. The van der Waals surface area contributed by atoms with Crippen LogP contribution in [0.2, 0.25) is 0 Å². The Labute approximate surface area is 105 Å². The van der Waals surface area contributed by atoms with E-state index in [1.807, 2.05) is 0 Å². The second kappa shape index (κ2) is 5.23. The highest BCUT2D eigenvalue weighted by Crippen LogP contribution is 2.26. The quantitative estimate of drug-likeness (QED) is 0.658. The van der Waals surface area contributed by atoms with Crippen molar-refractivity contribution in [2.24, 2.45) is 5.41 Å². The number of benzene rings is 1. The Morgan fingerprint density at radius 2 is 1.81 bits per heavy atom. The predicted octanol–water partition coefficient (Wildman–Crippen LogP) is 4.89. The zero-order valence-corrected chi connectivity index (χ0v) is 11.9. The lowest BCUT2D eigenvalue weighted by Gasteiger charge is -2.22. The maximum Gasteiger partial charge on any atom is 0.0381 e. The number of alkyl halides is 1. The van der Waals surface area contributed by atoms with E-state index in [2.05, 4.69) is 52.8 Å². The molecule has 0 nitrogen and oxygen atoms in total. The summed E-state index contributed by atoms with van der Waals surface area (Å²) in [7, 11) is 0. The first-order valence-electron chi connectivity index (χ1n) is 5.98. The maximum atomic E-state index is 6.42. The molecule has 0 radical (unpaired) electrons. The monoisotopic (exact) mass is 238 g/mol. The second-order valence-corrected chi connectivity index (χ2v) is 6.61. The summed E-state index contributed by atoms with van der Waals surface area (Å²) in [5.74, 6) is 0. The van der Waals surface area contributed by atoms with Crippen molar-refractivity contribution in [3.63, 3.8) is 0 Å². The summed E-state index contributed by atoms with van der Waals surface area (Å²) in [6, 6.07) is 6.60. The SMILES string of the molecule is Cc1ccc(C)c(CC(Cl)CC(C)(C)C)c1. The van der Waals surface area contributed by atoms with Crippen LogP contribution in [0.25, 0.3) is 0 Å². The van der Waals surface area contributed by atoms with Crippen molar-refractivity contribution in [2.45, 2.75) is 52.8 Å². The van der Waals surface area contributed by atoms with Crippen LogP contribution in [0, 0.1) is 19.3 Å². The lowest BCUT2D eigenvalue weighted by molar-refractivity contribution is 0.369. The van der Waals surface area contributed by atoms with Crippen LogP contribution in [0.15, 0.2) is 18.2 Å². The summed E-state index contributed by atoms with van der Waals surface area (Å²) in [5.41, 5.74) is 4.37. The molecular weight excluding hydrogens is 216 g/mol. The van der Waals surface area contributed by atoms with E-state index in [-0.39, 0.29) is 5.38 Å². The third-order valence-electron chi connectivity index (χ3n) is 2.78. The minimum Gasteiger partial charge on any atom is -0.123 e. The molecule has 0 saturated carbocycles. The Morgan fingerprint density at radius 3 is 2.38 bits per heavy atom. The molecule has 1 heteroatoms. The number of aryl methyl sites for hydroxylation is 2. The van der Waals surface area contributed by atoms with Gasteiger partial charge >= 0.3 is 0 Å². The Hall–Kier alpha value is -0.490. The average molecular weight is 239 g/mol. The normalized spacial score (nSPS) is 13.9. The van der Waals surface area contributed by atoms with Crippen LogP contribution < -0.4 is 0 Å². The van der Waals surface area contributed by atoms with Crippen molar-refractivity contribution in [3.05, 3.63) is 34.9 Å². The molecule has 0 spiro atoms. The molecule has 0 fully saturated rings. The van der Waals surface area contributed by atoms with Gasteiger partial charge in [-0.3, -0.25) is 0 Å². The Balaban J connectivity index is 2.69. The molecule has 0 amide bonds. The summed E-state index contributed by atoms with van der Waals surface area (Å²) < 4.78 is 0. The minimum atomic E-state index is 0.237. The van der Waals surface area contributed by atoms with Crippen LogP contribution in [-0.4, -0.2) is 5.38 Å². The van der Waals surface area contributed by atoms with E-state index in [0.717, 1.165) is 12.8 Å². The fraction of sp³-hybridized carbons (Fsp3) is 0.600. The van der Waals surface area contributed by atoms with Crippen molar-refractivity contribution in [1.82, 2.24) is 0 Å². The number of halogens is 1. The van der Waals surface area contributed by atoms with Crippen LogP contribution in [-0.2, 0) is 6.42 Å². The first kappa shape index (κ1) is 13.6. The van der Waals surface area contributed by atoms with Gasteiger partial charge in [-0.05, 0) is 43.2 Å². The zero-order chi connectivity index (χ0) is 12.3. The highest BCUT2D eigenvalue weighted by molar-refractivity contribution is 6.20. The lowest BCUT2D eigenvalue weighted by atomic mass is 9.88. The van der Waals surface area contributed by atoms with Gasteiger partial charge in [0.1, 0.15) is 0 Å². The van der Waals surface area contributed by atoms with Crippen molar-refractivity contribution in [3.8, 4) is 0 Å². The van der Waals surface area contributed by atoms with Gasteiger partial charge in [0, 0.05) is 5.38 Å². The van der Waals surface area contributed by atoms with Gasteiger partial charge in [-0.15, -0.1) is 11.6 Å². The van der Waals surface area contributed by atoms with Gasteiger partial charge in [-0.25, -0.2) is 0 Å². The van der Waals surface area contributed by atoms with Gasteiger partial charge in [0.05, 0.1) is 0 Å². The van der Waals surface area contributed by atoms with E-state index in [1.165, 1.54) is 16.7 Å². The Bertz CT molecular complexity index is 347. The first-order valence-corrected chi connectivity index (χ1v) is 6.42. The van der Waals surface area contributed by atoms with E-state index >= 15 is 0 Å². The van der Waals surface area contributed by atoms with Crippen LogP contribution in [0.5, 0.6) is 0 Å². The summed E-state index contributed by atoms with van der Waals surface area (Å²) in [5, 5.41) is 0.237. The molecular formula is C15H23Cl. The average Bonchev–Trinajstić information content (AvgIpc) is 2.08. The fourth-order valence-electron chi connectivity index (χ4n) is 2.00.